The van der Waals surface area contributed by atoms with Crippen molar-refractivity contribution >= 4 is 29.9 Å². The highest BCUT2D eigenvalue weighted by atomic mass is 32.2. The number of nitrogens with zero attached hydrogens (tertiary/aromatic N) is 1. The first-order chi connectivity index (χ1) is 14.6. The van der Waals surface area contributed by atoms with Crippen molar-refractivity contribution in [2.45, 2.75) is 42.5 Å². The van der Waals surface area contributed by atoms with Crippen LogP contribution in [0, 0.1) is 0 Å². The fourth-order valence-corrected chi connectivity index (χ4v) is 4.60. The molecule has 30 heavy (non-hydrogen) atoms. The van der Waals surface area contributed by atoms with E-state index in [0.717, 1.165) is 28.9 Å². The minimum atomic E-state index is -0.602. The number of aldehydes is 1. The van der Waals surface area contributed by atoms with Crippen molar-refractivity contribution in [3.8, 4) is 0 Å². The third-order valence-corrected chi connectivity index (χ3v) is 6.48. The number of fused-ring (bicyclic) bond motifs is 1. The molecule has 1 aliphatic heterocycles. The van der Waals surface area contributed by atoms with Crippen LogP contribution in [0.25, 0.3) is 0 Å². The summed E-state index contributed by atoms with van der Waals surface area (Å²) in [6.45, 7) is 1.03. The molecule has 7 heteroatoms. The van der Waals surface area contributed by atoms with Crippen molar-refractivity contribution < 1.29 is 14.4 Å². The predicted octanol–water partition coefficient (Wildman–Crippen LogP) is 2.53. The summed E-state index contributed by atoms with van der Waals surface area (Å²) in [5, 5.41) is 2.55. The molecule has 0 bridgehead atoms. The molecule has 0 aliphatic carbocycles. The molecule has 1 unspecified atom stereocenters. The summed E-state index contributed by atoms with van der Waals surface area (Å²) in [6, 6.07) is 13.5. The van der Waals surface area contributed by atoms with Gasteiger partial charge in [0.05, 0.1) is 6.04 Å². The number of hydrogen-bond donors (Lipinski definition) is 2. The molecule has 2 aromatic carbocycles. The normalized spacial score (nSPS) is 13.8. The van der Waals surface area contributed by atoms with E-state index < -0.39 is 6.04 Å². The summed E-state index contributed by atoms with van der Waals surface area (Å²) in [5.74, 6) is 0.508. The first-order valence-corrected chi connectivity index (χ1v) is 11.0. The van der Waals surface area contributed by atoms with Crippen LogP contribution in [-0.2, 0) is 28.3 Å². The number of amides is 2. The first-order valence-electron chi connectivity index (χ1n) is 10.1. The molecule has 0 saturated carbocycles. The molecule has 0 saturated heterocycles. The smallest absolute Gasteiger partial charge is 0.255 e. The lowest BCUT2D eigenvalue weighted by Gasteiger charge is -2.22. The Morgan fingerprint density at radius 1 is 1.23 bits per heavy atom. The van der Waals surface area contributed by atoms with Gasteiger partial charge in [0.25, 0.3) is 5.91 Å². The molecule has 3 N–H and O–H groups in total. The lowest BCUT2D eigenvalue weighted by atomic mass is 10.1. The number of carbonyl (C=O) groups excluding carboxylic acids is 3. The third kappa shape index (κ3) is 5.09. The van der Waals surface area contributed by atoms with Crippen molar-refractivity contribution in [3.05, 3.63) is 64.7 Å². The summed E-state index contributed by atoms with van der Waals surface area (Å²) < 4.78 is 0. The van der Waals surface area contributed by atoms with Gasteiger partial charge < -0.3 is 20.7 Å². The standard InChI is InChI=1S/C23H27N3O3S/c1-25-22(28)10-9-18(14-27)26-13-20-19(23(26)29)3-2-4-21(20)30-15-17-7-5-16(6-8-17)11-12-24/h2-8,14,18H,9-13,15,24H2,1H3,(H,25,28). The van der Waals surface area contributed by atoms with Crippen LogP contribution in [0.4, 0.5) is 0 Å². The van der Waals surface area contributed by atoms with Gasteiger partial charge in [-0.25, -0.2) is 0 Å². The van der Waals surface area contributed by atoms with Crippen molar-refractivity contribution in [1.29, 1.82) is 0 Å². The summed E-state index contributed by atoms with van der Waals surface area (Å²) in [7, 11) is 1.56. The van der Waals surface area contributed by atoms with Crippen LogP contribution < -0.4 is 11.1 Å². The van der Waals surface area contributed by atoms with Crippen LogP contribution in [0.3, 0.4) is 0 Å². The van der Waals surface area contributed by atoms with Crippen LogP contribution in [-0.4, -0.2) is 42.6 Å². The van der Waals surface area contributed by atoms with E-state index in [0.29, 0.717) is 25.1 Å². The number of rotatable bonds is 10. The van der Waals surface area contributed by atoms with Crippen molar-refractivity contribution in [2.75, 3.05) is 13.6 Å². The number of benzene rings is 2. The highest BCUT2D eigenvalue weighted by Crippen LogP contribution is 2.35. The fraction of sp³-hybridized carbons (Fsp3) is 0.348. The van der Waals surface area contributed by atoms with Crippen LogP contribution in [0.1, 0.15) is 39.9 Å². The Balaban J connectivity index is 1.69. The van der Waals surface area contributed by atoms with Gasteiger partial charge in [-0.1, -0.05) is 30.3 Å². The van der Waals surface area contributed by atoms with E-state index in [2.05, 4.69) is 29.6 Å². The fourth-order valence-electron chi connectivity index (χ4n) is 3.56. The lowest BCUT2D eigenvalue weighted by Crippen LogP contribution is -2.37. The molecule has 0 aromatic heterocycles. The number of carbonyl (C=O) groups is 3. The molecule has 158 valence electrons. The molecule has 1 aliphatic rings. The topological polar surface area (TPSA) is 92.5 Å². The minimum absolute atomic E-state index is 0.139. The van der Waals surface area contributed by atoms with E-state index in [1.54, 1.807) is 23.7 Å². The zero-order chi connectivity index (χ0) is 21.5. The zero-order valence-electron chi connectivity index (χ0n) is 17.1. The number of nitrogens with one attached hydrogen (secondary N) is 1. The summed E-state index contributed by atoms with van der Waals surface area (Å²) in [4.78, 5) is 38.7. The van der Waals surface area contributed by atoms with Crippen molar-refractivity contribution in [1.82, 2.24) is 10.2 Å². The van der Waals surface area contributed by atoms with Gasteiger partial charge in [-0.2, -0.15) is 0 Å². The van der Waals surface area contributed by atoms with Gasteiger partial charge in [0, 0.05) is 36.2 Å². The number of hydrogen-bond acceptors (Lipinski definition) is 5. The average molecular weight is 426 g/mol. The van der Waals surface area contributed by atoms with Gasteiger partial charge >= 0.3 is 0 Å². The van der Waals surface area contributed by atoms with Crippen LogP contribution in [0.5, 0.6) is 0 Å². The Morgan fingerprint density at radius 2 is 1.97 bits per heavy atom. The van der Waals surface area contributed by atoms with Crippen LogP contribution in [0.2, 0.25) is 0 Å². The summed E-state index contributed by atoms with van der Waals surface area (Å²) in [5.41, 5.74) is 9.63. The Labute approximate surface area is 181 Å². The molecule has 0 radical (unpaired) electrons. The van der Waals surface area contributed by atoms with Crippen LogP contribution in [0.15, 0.2) is 47.4 Å². The SMILES string of the molecule is CNC(=O)CCC(C=O)N1Cc2c(SCc3ccc(CCN)cc3)cccc2C1=O. The van der Waals surface area contributed by atoms with E-state index in [1.807, 2.05) is 18.2 Å². The number of thioether (sulfide) groups is 1. The Kier molecular flexibility index (Phi) is 7.65. The molecule has 0 fully saturated rings. The molecular formula is C23H27N3O3S. The average Bonchev–Trinajstić information content (AvgIpc) is 3.11. The molecule has 3 rings (SSSR count). The van der Waals surface area contributed by atoms with Gasteiger partial charge in [-0.3, -0.25) is 9.59 Å². The molecule has 1 heterocycles. The quantitative estimate of drug-likeness (QED) is 0.451. The predicted molar refractivity (Wildman–Crippen MR) is 118 cm³/mol. The maximum absolute atomic E-state index is 12.9. The Bertz CT molecular complexity index is 914. The Morgan fingerprint density at radius 3 is 2.63 bits per heavy atom. The highest BCUT2D eigenvalue weighted by molar-refractivity contribution is 7.98. The second-order valence-electron chi connectivity index (χ2n) is 7.27. The lowest BCUT2D eigenvalue weighted by molar-refractivity contribution is -0.121. The third-order valence-electron chi connectivity index (χ3n) is 5.31. The number of nitrogens with two attached hydrogens (primary N) is 1. The summed E-state index contributed by atoms with van der Waals surface area (Å²) >= 11 is 1.69. The van der Waals surface area contributed by atoms with E-state index in [1.165, 1.54) is 11.1 Å². The monoisotopic (exact) mass is 425 g/mol. The van der Waals surface area contributed by atoms with E-state index in [-0.39, 0.29) is 18.2 Å². The van der Waals surface area contributed by atoms with E-state index in [9.17, 15) is 14.4 Å². The molecule has 2 aromatic rings. The van der Waals surface area contributed by atoms with Crippen LogP contribution >= 0.6 is 11.8 Å². The maximum Gasteiger partial charge on any atom is 0.255 e. The van der Waals surface area contributed by atoms with Gasteiger partial charge in [0.15, 0.2) is 0 Å². The maximum atomic E-state index is 12.9. The Hall–Kier alpha value is -2.64. The van der Waals surface area contributed by atoms with Gasteiger partial charge in [0.1, 0.15) is 6.29 Å². The van der Waals surface area contributed by atoms with Gasteiger partial charge in [-0.05, 0) is 48.2 Å². The van der Waals surface area contributed by atoms with E-state index in [4.69, 9.17) is 5.73 Å². The van der Waals surface area contributed by atoms with Crippen molar-refractivity contribution in [2.24, 2.45) is 5.73 Å². The zero-order valence-corrected chi connectivity index (χ0v) is 17.9. The largest absolute Gasteiger partial charge is 0.359 e. The van der Waals surface area contributed by atoms with Crippen molar-refractivity contribution in [3.63, 3.8) is 0 Å². The summed E-state index contributed by atoms with van der Waals surface area (Å²) in [6.07, 6.45) is 2.17. The second-order valence-corrected chi connectivity index (χ2v) is 8.29. The molecule has 6 nitrogen and oxygen atoms in total. The second kappa shape index (κ2) is 10.4. The molecule has 1 atom stereocenters. The first kappa shape index (κ1) is 22.1. The minimum Gasteiger partial charge on any atom is -0.359 e. The van der Waals surface area contributed by atoms with Gasteiger partial charge in [-0.15, -0.1) is 11.8 Å². The highest BCUT2D eigenvalue weighted by Gasteiger charge is 2.34. The molecule has 2 amide bonds. The molecular weight excluding hydrogens is 398 g/mol. The van der Waals surface area contributed by atoms with Gasteiger partial charge in [0.2, 0.25) is 5.91 Å². The molecule has 0 spiro atoms. The van der Waals surface area contributed by atoms with E-state index >= 15 is 0 Å².